The van der Waals surface area contributed by atoms with Crippen LogP contribution in [0.25, 0.3) is 179 Å². The average Bonchev–Trinajstić information content (AvgIpc) is 1.57. The number of pyridine rings is 1. The molecule has 4 aliphatic rings. The number of aromatic nitrogens is 7. The summed E-state index contributed by atoms with van der Waals surface area (Å²) in [5.41, 5.74) is 30.1. The minimum atomic E-state index is -0.271. The van der Waals surface area contributed by atoms with E-state index in [2.05, 4.69) is 254 Å². The number of nitrogens with zero attached hydrogens (tertiary/aromatic N) is 7. The van der Waals surface area contributed by atoms with Crippen LogP contribution in [0, 0.1) is 0 Å². The summed E-state index contributed by atoms with van der Waals surface area (Å²) in [6.07, 6.45) is 1.78. The number of para-hydroxylation sites is 4. The summed E-state index contributed by atoms with van der Waals surface area (Å²) in [4.78, 5) is 35.6. The van der Waals surface area contributed by atoms with Gasteiger partial charge in [-0.1, -0.05) is 225 Å². The van der Waals surface area contributed by atoms with Crippen LogP contribution in [0.3, 0.4) is 0 Å². The molecule has 0 atom stereocenters. The molecule has 0 fully saturated rings. The second-order valence-electron chi connectivity index (χ2n) is 30.7. The zero-order valence-electron chi connectivity index (χ0n) is 59.2. The van der Waals surface area contributed by atoms with Crippen LogP contribution in [-0.4, -0.2) is 34.9 Å². The maximum Gasteiger partial charge on any atom is 0.182 e. The molecular formula is C95H67N7O3. The lowest BCUT2D eigenvalue weighted by Crippen LogP contribution is -2.15. The van der Waals surface area contributed by atoms with E-state index in [1.54, 1.807) is 6.20 Å². The third kappa shape index (κ3) is 8.99. The third-order valence-electron chi connectivity index (χ3n) is 23.4. The van der Waals surface area contributed by atoms with Gasteiger partial charge < -0.3 is 13.3 Å². The summed E-state index contributed by atoms with van der Waals surface area (Å²) >= 11 is 0. The molecule has 0 radical (unpaired) electrons. The van der Waals surface area contributed by atoms with E-state index in [4.69, 9.17) is 43.2 Å². The van der Waals surface area contributed by atoms with Crippen LogP contribution in [0.4, 0.5) is 0 Å². The van der Waals surface area contributed by atoms with Gasteiger partial charge in [-0.3, -0.25) is 4.98 Å². The molecule has 6 heterocycles. The van der Waals surface area contributed by atoms with Crippen molar-refractivity contribution in [2.75, 3.05) is 0 Å². The van der Waals surface area contributed by atoms with Crippen molar-refractivity contribution in [3.63, 3.8) is 0 Å². The Morgan fingerprint density at radius 3 is 1.00 bits per heavy atom. The van der Waals surface area contributed by atoms with E-state index in [-0.39, 0.29) is 21.7 Å². The highest BCUT2D eigenvalue weighted by Crippen LogP contribution is 2.56. The summed E-state index contributed by atoms with van der Waals surface area (Å²) in [6, 6.07) is 89.9. The quantitative estimate of drug-likeness (QED) is 0.159. The third-order valence-corrected chi connectivity index (χ3v) is 23.4. The first-order valence-electron chi connectivity index (χ1n) is 36.1. The minimum Gasteiger partial charge on any atom is -0.456 e. The molecule has 0 saturated carbocycles. The largest absolute Gasteiger partial charge is 0.456 e. The molecule has 10 nitrogen and oxygen atoms in total. The van der Waals surface area contributed by atoms with Gasteiger partial charge in [0.2, 0.25) is 0 Å². The van der Waals surface area contributed by atoms with Gasteiger partial charge in [-0.05, 0) is 174 Å². The van der Waals surface area contributed by atoms with E-state index in [0.29, 0.717) is 40.6 Å². The lowest BCUT2D eigenvalue weighted by Gasteiger charge is -2.22. The summed E-state index contributed by atoms with van der Waals surface area (Å²) in [7, 11) is 0. The van der Waals surface area contributed by atoms with E-state index in [1.165, 1.54) is 89.0 Å². The van der Waals surface area contributed by atoms with Crippen LogP contribution in [0.2, 0.25) is 0 Å². The molecule has 18 aromatic rings. The molecule has 0 amide bonds. The Balaban J connectivity index is 0.000000137. The standard InChI is InChI=1S/C51H35N3O2.C44H32N4O/c1-50(2)39-17-8-5-12-30(39)31-22-20-28(24-40(31)50)47-52-48(54-49(53-47)36-16-11-15-35-33-13-6-10-19-44(33)56-46(35)36)29-21-23-32-37-26-38-34-14-7-9-18-43(34)55-45(38)27-42(37)51(3,4)41(32)25-29;1-43(2)33-13-7-5-11-27(33)28-18-16-25(21-34(28)43)40-46-41(48-42(47-40)37-14-9-10-20-45-37)26-17-19-29-31-23-32-30-12-6-8-15-38(30)49-39(32)24-36(31)44(3,4)35(29)22-26/h5-27H,1-4H3;5-24H,1-4H3. The lowest BCUT2D eigenvalue weighted by atomic mass is 9.81. The predicted octanol–water partition coefficient (Wildman–Crippen LogP) is 24.1. The Bertz CT molecular complexity index is 6810. The van der Waals surface area contributed by atoms with Crippen LogP contribution in [0.1, 0.15) is 99.9 Å². The van der Waals surface area contributed by atoms with Gasteiger partial charge in [0.05, 0.1) is 5.56 Å². The molecule has 0 bridgehead atoms. The van der Waals surface area contributed by atoms with Crippen molar-refractivity contribution in [2.45, 2.75) is 77.0 Å². The molecular weight excluding hydrogens is 1290 g/mol. The van der Waals surface area contributed by atoms with Crippen molar-refractivity contribution in [1.29, 1.82) is 0 Å². The Labute approximate surface area is 605 Å². The van der Waals surface area contributed by atoms with Gasteiger partial charge in [0, 0.05) is 82.4 Å². The number of hydrogen-bond acceptors (Lipinski definition) is 10. The van der Waals surface area contributed by atoms with Gasteiger partial charge in [-0.25, -0.2) is 29.9 Å². The van der Waals surface area contributed by atoms with Crippen molar-refractivity contribution in [2.24, 2.45) is 0 Å². The summed E-state index contributed by atoms with van der Waals surface area (Å²) in [5, 5.41) is 6.66. The first kappa shape index (κ1) is 60.9. The summed E-state index contributed by atoms with van der Waals surface area (Å²) < 4.78 is 19.2. The first-order valence-corrected chi connectivity index (χ1v) is 36.1. The van der Waals surface area contributed by atoms with E-state index in [1.807, 2.05) is 60.7 Å². The average molecular weight is 1350 g/mol. The van der Waals surface area contributed by atoms with Crippen LogP contribution < -0.4 is 0 Å². The Morgan fingerprint density at radius 2 is 0.552 bits per heavy atom. The van der Waals surface area contributed by atoms with Crippen molar-refractivity contribution in [3.8, 4) is 113 Å². The maximum absolute atomic E-state index is 6.52. The SMILES string of the molecule is CC1(C)c2ccccc2-c2ccc(-c3nc(-c4ccc5c(c4)C(C)(C)c4cc6oc7ccccc7c6cc4-5)nc(-c4cccc5c4oc4ccccc45)n3)cc21.CC1(C)c2ccccc2-c2ccc(-c3nc(-c4ccc5c(c4)C(C)(C)c4cc6oc7ccccc7c6cc4-5)nc(-c4ccccn4)n3)cc21. The highest BCUT2D eigenvalue weighted by atomic mass is 16.3. The van der Waals surface area contributed by atoms with Crippen LogP contribution in [0.15, 0.2) is 274 Å². The number of hydrogen-bond donors (Lipinski definition) is 0. The van der Waals surface area contributed by atoms with Crippen LogP contribution in [0.5, 0.6) is 0 Å². The van der Waals surface area contributed by atoms with E-state index >= 15 is 0 Å². The maximum atomic E-state index is 6.52. The highest BCUT2D eigenvalue weighted by Gasteiger charge is 2.41. The monoisotopic (exact) mass is 1350 g/mol. The lowest BCUT2D eigenvalue weighted by molar-refractivity contribution is 0.647. The fraction of sp³-hybridized carbons (Fsp3) is 0.126. The van der Waals surface area contributed by atoms with Crippen LogP contribution in [-0.2, 0) is 21.7 Å². The number of rotatable bonds is 6. The Hall–Kier alpha value is -12.8. The molecule has 0 spiro atoms. The van der Waals surface area contributed by atoms with Gasteiger partial charge in [0.25, 0.3) is 0 Å². The number of benzene rings is 12. The molecule has 0 N–H and O–H groups in total. The molecule has 22 rings (SSSR count). The fourth-order valence-corrected chi connectivity index (χ4v) is 17.8. The van der Waals surface area contributed by atoms with Gasteiger partial charge in [0.1, 0.15) is 39.2 Å². The molecule has 500 valence electrons. The molecule has 105 heavy (non-hydrogen) atoms. The van der Waals surface area contributed by atoms with E-state index in [0.717, 1.165) is 93.6 Å². The van der Waals surface area contributed by atoms with Gasteiger partial charge in [0.15, 0.2) is 34.9 Å². The Kier molecular flexibility index (Phi) is 12.7. The predicted molar refractivity (Wildman–Crippen MR) is 422 cm³/mol. The second kappa shape index (κ2) is 21.9. The van der Waals surface area contributed by atoms with Gasteiger partial charge in [-0.15, -0.1) is 0 Å². The topological polar surface area (TPSA) is 130 Å². The van der Waals surface area contributed by atoms with Crippen molar-refractivity contribution >= 4 is 65.8 Å². The van der Waals surface area contributed by atoms with Crippen molar-refractivity contribution < 1.29 is 13.3 Å². The smallest absolute Gasteiger partial charge is 0.182 e. The summed E-state index contributed by atoms with van der Waals surface area (Å²) in [5.74, 6) is 3.64. The molecule has 0 saturated heterocycles. The highest BCUT2D eigenvalue weighted by molar-refractivity contribution is 6.11. The van der Waals surface area contributed by atoms with E-state index < -0.39 is 0 Å². The molecule has 12 aromatic carbocycles. The fourth-order valence-electron chi connectivity index (χ4n) is 17.8. The van der Waals surface area contributed by atoms with E-state index in [9.17, 15) is 0 Å². The van der Waals surface area contributed by atoms with Gasteiger partial charge >= 0.3 is 0 Å². The van der Waals surface area contributed by atoms with Gasteiger partial charge in [-0.2, -0.15) is 0 Å². The van der Waals surface area contributed by atoms with Crippen molar-refractivity contribution in [3.05, 3.63) is 305 Å². The molecule has 6 aromatic heterocycles. The number of fused-ring (bicyclic) bond motifs is 21. The zero-order chi connectivity index (χ0) is 70.6. The zero-order valence-corrected chi connectivity index (χ0v) is 59.2. The normalized spacial score (nSPS) is 14.8. The summed E-state index contributed by atoms with van der Waals surface area (Å²) in [6.45, 7) is 18.4. The molecule has 4 aliphatic carbocycles. The van der Waals surface area contributed by atoms with Crippen molar-refractivity contribution in [1.82, 2.24) is 34.9 Å². The van der Waals surface area contributed by atoms with Crippen LogP contribution >= 0.6 is 0 Å². The molecule has 0 unspecified atom stereocenters. The Morgan fingerprint density at radius 1 is 0.219 bits per heavy atom. The minimum absolute atomic E-state index is 0.129. The number of furan rings is 3. The molecule has 10 heteroatoms. The first-order chi connectivity index (χ1) is 51.0. The molecule has 0 aliphatic heterocycles. The second-order valence-corrected chi connectivity index (χ2v) is 30.7.